The summed E-state index contributed by atoms with van der Waals surface area (Å²) in [5.41, 5.74) is 3.96. The minimum atomic E-state index is -4.01. The van der Waals surface area contributed by atoms with Crippen LogP contribution in [0.4, 0.5) is 5.69 Å². The highest BCUT2D eigenvalue weighted by atomic mass is 79.9. The number of nitrogens with zero attached hydrogens (tertiary/aromatic N) is 1. The van der Waals surface area contributed by atoms with Crippen LogP contribution in [-0.4, -0.2) is 38.3 Å². The fraction of sp³-hybridized carbons (Fsp3) is 0.259. The second-order valence-corrected chi connectivity index (χ2v) is 11.8. The molecule has 194 valence electrons. The van der Waals surface area contributed by atoms with E-state index in [0.717, 1.165) is 21.2 Å². The molecule has 37 heavy (non-hydrogen) atoms. The molecule has 1 unspecified atom stereocenters. The van der Waals surface area contributed by atoms with Gasteiger partial charge in [-0.1, -0.05) is 39.7 Å². The van der Waals surface area contributed by atoms with E-state index in [1.165, 1.54) is 23.1 Å². The summed E-state index contributed by atoms with van der Waals surface area (Å²) in [7, 11) is -4.01. The quantitative estimate of drug-likeness (QED) is 0.357. The molecule has 1 atom stereocenters. The molecule has 0 fully saturated rings. The fourth-order valence-electron chi connectivity index (χ4n) is 4.30. The van der Waals surface area contributed by atoms with Crippen molar-refractivity contribution in [1.82, 2.24) is 4.90 Å². The van der Waals surface area contributed by atoms with Crippen LogP contribution in [0.5, 0.6) is 0 Å². The van der Waals surface area contributed by atoms with Crippen molar-refractivity contribution >= 4 is 55.1 Å². The molecule has 0 aromatic heterocycles. The zero-order valence-electron chi connectivity index (χ0n) is 20.5. The van der Waals surface area contributed by atoms with Crippen LogP contribution in [0.25, 0.3) is 0 Å². The van der Waals surface area contributed by atoms with Crippen LogP contribution in [0.3, 0.4) is 0 Å². The molecule has 3 aromatic carbocycles. The minimum Gasteiger partial charge on any atom is -0.464 e. The zero-order valence-corrected chi connectivity index (χ0v) is 23.7. The molecule has 0 aliphatic carbocycles. The van der Waals surface area contributed by atoms with Crippen LogP contribution < -0.4 is 4.72 Å². The Morgan fingerprint density at radius 2 is 1.84 bits per heavy atom. The van der Waals surface area contributed by atoms with E-state index >= 15 is 0 Å². The Morgan fingerprint density at radius 3 is 2.54 bits per heavy atom. The molecule has 0 bridgehead atoms. The average molecular weight is 606 g/mol. The van der Waals surface area contributed by atoms with Crippen LogP contribution in [0.15, 0.2) is 64.0 Å². The second-order valence-electron chi connectivity index (χ2n) is 8.79. The number of anilines is 1. The maximum absolute atomic E-state index is 13.7. The van der Waals surface area contributed by atoms with Gasteiger partial charge in [-0.25, -0.2) is 13.2 Å². The number of benzene rings is 3. The highest BCUT2D eigenvalue weighted by Gasteiger charge is 2.38. The van der Waals surface area contributed by atoms with Gasteiger partial charge in [-0.05, 0) is 91.9 Å². The Labute approximate surface area is 230 Å². The van der Waals surface area contributed by atoms with Gasteiger partial charge in [0, 0.05) is 16.7 Å². The van der Waals surface area contributed by atoms with Crippen LogP contribution in [0.1, 0.15) is 45.6 Å². The van der Waals surface area contributed by atoms with E-state index in [-0.39, 0.29) is 28.6 Å². The first-order valence-electron chi connectivity index (χ1n) is 11.7. The Balaban J connectivity index is 1.70. The van der Waals surface area contributed by atoms with E-state index in [0.29, 0.717) is 17.7 Å². The summed E-state index contributed by atoms with van der Waals surface area (Å²) >= 11 is 9.83. The van der Waals surface area contributed by atoms with Gasteiger partial charge in [0.25, 0.3) is 15.9 Å². The van der Waals surface area contributed by atoms with Gasteiger partial charge in [0.2, 0.25) is 0 Å². The lowest BCUT2D eigenvalue weighted by Gasteiger charge is -2.36. The predicted molar refractivity (Wildman–Crippen MR) is 146 cm³/mol. The number of sulfonamides is 1. The molecule has 0 radical (unpaired) electrons. The van der Waals surface area contributed by atoms with Gasteiger partial charge in [-0.15, -0.1) is 0 Å². The number of fused-ring (bicyclic) bond motifs is 1. The smallest absolute Gasteiger partial charge is 0.333 e. The van der Waals surface area contributed by atoms with Gasteiger partial charge < -0.3 is 9.64 Å². The molecule has 1 heterocycles. The van der Waals surface area contributed by atoms with E-state index in [1.54, 1.807) is 31.2 Å². The third kappa shape index (κ3) is 5.68. The third-order valence-corrected chi connectivity index (χ3v) is 8.54. The molecule has 0 spiro atoms. The summed E-state index contributed by atoms with van der Waals surface area (Å²) in [4.78, 5) is 28.0. The number of nitrogens with one attached hydrogen (secondary N) is 1. The highest BCUT2D eigenvalue weighted by molar-refractivity contribution is 9.10. The van der Waals surface area contributed by atoms with Gasteiger partial charge >= 0.3 is 5.97 Å². The molecule has 1 amide bonds. The zero-order chi connectivity index (χ0) is 26.9. The number of ether oxygens (including phenoxy) is 1. The third-order valence-electron chi connectivity index (χ3n) is 6.34. The first-order chi connectivity index (χ1) is 17.5. The van der Waals surface area contributed by atoms with Crippen molar-refractivity contribution in [3.63, 3.8) is 0 Å². The topological polar surface area (TPSA) is 92.8 Å². The lowest BCUT2D eigenvalue weighted by atomic mass is 9.92. The number of amides is 1. The van der Waals surface area contributed by atoms with Crippen molar-refractivity contribution in [2.75, 3.05) is 17.9 Å². The summed E-state index contributed by atoms with van der Waals surface area (Å²) < 4.78 is 35.0. The van der Waals surface area contributed by atoms with E-state index in [4.69, 9.17) is 16.3 Å². The predicted octanol–water partition coefficient (Wildman–Crippen LogP) is 5.82. The van der Waals surface area contributed by atoms with Crippen molar-refractivity contribution in [3.8, 4) is 0 Å². The monoisotopic (exact) mass is 604 g/mol. The summed E-state index contributed by atoms with van der Waals surface area (Å²) in [5, 5.41) is 0.0827. The van der Waals surface area contributed by atoms with Gasteiger partial charge in [0.15, 0.2) is 6.04 Å². The number of carbonyl (C=O) groups excluding carboxylic acids is 2. The molecule has 7 nitrogen and oxygen atoms in total. The molecular weight excluding hydrogens is 580 g/mol. The molecule has 1 aliphatic rings. The Kier molecular flexibility index (Phi) is 7.96. The molecule has 10 heteroatoms. The van der Waals surface area contributed by atoms with E-state index in [2.05, 4.69) is 20.7 Å². The Bertz CT molecular complexity index is 1490. The van der Waals surface area contributed by atoms with Crippen LogP contribution >= 0.6 is 27.5 Å². The first kappa shape index (κ1) is 27.2. The molecule has 0 saturated heterocycles. The maximum Gasteiger partial charge on any atom is 0.333 e. The minimum absolute atomic E-state index is 0.0144. The number of carbonyl (C=O) groups is 2. The number of halogens is 2. The van der Waals surface area contributed by atoms with Crippen molar-refractivity contribution in [2.45, 2.75) is 38.1 Å². The molecule has 4 rings (SSSR count). The van der Waals surface area contributed by atoms with E-state index in [9.17, 15) is 18.0 Å². The normalized spacial score (nSPS) is 15.2. The van der Waals surface area contributed by atoms with Gasteiger partial charge in [-0.2, -0.15) is 0 Å². The molecule has 1 aliphatic heterocycles. The average Bonchev–Trinajstić information content (AvgIpc) is 2.85. The van der Waals surface area contributed by atoms with Crippen LogP contribution in [0.2, 0.25) is 5.02 Å². The van der Waals surface area contributed by atoms with E-state index < -0.39 is 27.9 Å². The lowest BCUT2D eigenvalue weighted by Crippen LogP contribution is -2.44. The number of hydrogen-bond donors (Lipinski definition) is 1. The van der Waals surface area contributed by atoms with Crippen molar-refractivity contribution < 1.29 is 22.7 Å². The number of aryl methyl sites for hydroxylation is 2. The Morgan fingerprint density at radius 1 is 1.08 bits per heavy atom. The van der Waals surface area contributed by atoms with Crippen molar-refractivity contribution in [2.24, 2.45) is 0 Å². The van der Waals surface area contributed by atoms with Gasteiger partial charge in [-0.3, -0.25) is 9.52 Å². The first-order valence-corrected chi connectivity index (χ1v) is 14.3. The largest absolute Gasteiger partial charge is 0.464 e. The summed E-state index contributed by atoms with van der Waals surface area (Å²) in [6, 6.07) is 13.7. The number of hydrogen-bond acceptors (Lipinski definition) is 5. The van der Waals surface area contributed by atoms with E-state index in [1.807, 2.05) is 26.0 Å². The van der Waals surface area contributed by atoms with Crippen molar-refractivity contribution in [1.29, 1.82) is 0 Å². The van der Waals surface area contributed by atoms with Gasteiger partial charge in [0.05, 0.1) is 22.1 Å². The maximum atomic E-state index is 13.7. The molecule has 1 N–H and O–H groups in total. The van der Waals surface area contributed by atoms with Crippen LogP contribution in [0, 0.1) is 13.8 Å². The Hall–Kier alpha value is -2.88. The highest BCUT2D eigenvalue weighted by Crippen LogP contribution is 2.35. The number of esters is 1. The number of rotatable bonds is 6. The summed E-state index contributed by atoms with van der Waals surface area (Å²) in [6.07, 6.45) is 0.514. The molecular formula is C27H26BrClN2O5S. The fourth-order valence-corrected chi connectivity index (χ4v) is 5.98. The molecule has 3 aromatic rings. The standard InChI is InChI=1S/C27H26BrClN2O5S/c1-4-36-27(33)25-22-9-6-19(28)14-18(22)11-12-31(25)26(32)23-15-21(8-10-24(23)29)37(34,35)30-20-7-5-16(2)17(3)13-20/h5-10,13-15,25,30H,4,11-12H2,1-3H3. The second kappa shape index (κ2) is 10.8. The lowest BCUT2D eigenvalue weighted by molar-refractivity contribution is -0.149. The van der Waals surface area contributed by atoms with Gasteiger partial charge in [0.1, 0.15) is 0 Å². The molecule has 0 saturated carbocycles. The van der Waals surface area contributed by atoms with Crippen LogP contribution in [-0.2, 0) is 26.0 Å². The van der Waals surface area contributed by atoms with Crippen molar-refractivity contribution in [3.05, 3.63) is 91.9 Å². The summed E-state index contributed by atoms with van der Waals surface area (Å²) in [5.74, 6) is -1.12. The SMILES string of the molecule is CCOC(=O)C1c2ccc(Br)cc2CCN1C(=O)c1cc(S(=O)(=O)Nc2ccc(C)c(C)c2)ccc1Cl. The summed E-state index contributed by atoms with van der Waals surface area (Å²) in [6.45, 7) is 5.92.